The van der Waals surface area contributed by atoms with E-state index in [0.717, 1.165) is 17.0 Å². The fourth-order valence-corrected chi connectivity index (χ4v) is 2.65. The van der Waals surface area contributed by atoms with Crippen molar-refractivity contribution in [1.82, 2.24) is 10.1 Å². The maximum Gasteiger partial charge on any atom is 0.246 e. The van der Waals surface area contributed by atoms with Crippen LogP contribution in [0.25, 0.3) is 10.7 Å². The van der Waals surface area contributed by atoms with Crippen LogP contribution in [0.3, 0.4) is 0 Å². The zero-order chi connectivity index (χ0) is 13.8. The Hall–Kier alpha value is -2.14. The Morgan fingerprint density at radius 2 is 2.10 bits per heavy atom. The number of nitrogens with zero attached hydrogens (tertiary/aromatic N) is 2. The van der Waals surface area contributed by atoms with Crippen LogP contribution in [-0.2, 0) is 13.0 Å². The molecule has 5 heteroatoms. The molecule has 1 N–H and O–H groups in total. The molecule has 20 heavy (non-hydrogen) atoms. The second-order valence-corrected chi connectivity index (χ2v) is 5.30. The number of nitrogens with one attached hydrogen (secondary N) is 1. The summed E-state index contributed by atoms with van der Waals surface area (Å²) in [5.74, 6) is 1.25. The van der Waals surface area contributed by atoms with Crippen molar-refractivity contribution < 1.29 is 4.52 Å². The third-order valence-corrected chi connectivity index (χ3v) is 3.90. The molecule has 0 saturated carbocycles. The van der Waals surface area contributed by atoms with Crippen molar-refractivity contribution in [3.8, 4) is 10.7 Å². The van der Waals surface area contributed by atoms with E-state index in [1.54, 1.807) is 11.3 Å². The normalized spacial score (nSPS) is 10.7. The number of hydrogen-bond donors (Lipinski definition) is 1. The van der Waals surface area contributed by atoms with Crippen LogP contribution in [0.4, 0.5) is 5.69 Å². The van der Waals surface area contributed by atoms with E-state index in [-0.39, 0.29) is 0 Å². The summed E-state index contributed by atoms with van der Waals surface area (Å²) >= 11 is 1.60. The van der Waals surface area contributed by atoms with Gasteiger partial charge in [0.2, 0.25) is 11.7 Å². The maximum atomic E-state index is 5.27. The number of benzene rings is 1. The minimum Gasteiger partial charge on any atom is -0.376 e. The Kier molecular flexibility index (Phi) is 3.78. The van der Waals surface area contributed by atoms with Gasteiger partial charge in [-0.3, -0.25) is 0 Å². The second-order valence-electron chi connectivity index (χ2n) is 4.35. The Morgan fingerprint density at radius 1 is 1.20 bits per heavy atom. The van der Waals surface area contributed by atoms with Gasteiger partial charge in [0.05, 0.1) is 11.4 Å². The molecule has 0 aliphatic rings. The van der Waals surface area contributed by atoms with E-state index in [1.165, 1.54) is 5.56 Å². The van der Waals surface area contributed by atoms with Gasteiger partial charge in [-0.25, -0.2) is 0 Å². The van der Waals surface area contributed by atoms with Crippen LogP contribution in [-0.4, -0.2) is 10.1 Å². The number of aryl methyl sites for hydroxylation is 1. The number of aromatic nitrogens is 2. The lowest BCUT2D eigenvalue weighted by molar-refractivity contribution is 0.384. The first-order chi connectivity index (χ1) is 9.86. The molecule has 0 aliphatic heterocycles. The van der Waals surface area contributed by atoms with Gasteiger partial charge < -0.3 is 9.84 Å². The van der Waals surface area contributed by atoms with Crippen molar-refractivity contribution in [2.24, 2.45) is 0 Å². The third-order valence-electron chi connectivity index (χ3n) is 3.04. The van der Waals surface area contributed by atoms with Gasteiger partial charge in [0.15, 0.2) is 0 Å². The number of para-hydroxylation sites is 1. The summed E-state index contributed by atoms with van der Waals surface area (Å²) in [4.78, 5) is 5.42. The van der Waals surface area contributed by atoms with Gasteiger partial charge in [-0.15, -0.1) is 11.3 Å². The van der Waals surface area contributed by atoms with Crippen LogP contribution in [0.15, 0.2) is 46.3 Å². The molecule has 3 aromatic rings. The minimum atomic E-state index is 0.537. The monoisotopic (exact) mass is 285 g/mol. The first kappa shape index (κ1) is 12.9. The van der Waals surface area contributed by atoms with Crippen LogP contribution < -0.4 is 5.32 Å². The summed E-state index contributed by atoms with van der Waals surface area (Å²) in [5.41, 5.74) is 2.40. The lowest BCUT2D eigenvalue weighted by Crippen LogP contribution is -2.02. The summed E-state index contributed by atoms with van der Waals surface area (Å²) < 4.78 is 5.27. The predicted molar refractivity (Wildman–Crippen MR) is 80.8 cm³/mol. The number of rotatable bonds is 5. The summed E-state index contributed by atoms with van der Waals surface area (Å²) in [6.07, 6.45) is 0.994. The van der Waals surface area contributed by atoms with Crippen LogP contribution in [0, 0.1) is 0 Å². The van der Waals surface area contributed by atoms with Crippen LogP contribution in [0.5, 0.6) is 0 Å². The van der Waals surface area contributed by atoms with Gasteiger partial charge in [-0.2, -0.15) is 4.98 Å². The summed E-state index contributed by atoms with van der Waals surface area (Å²) in [5, 5.41) is 9.35. The van der Waals surface area contributed by atoms with Gasteiger partial charge in [-0.1, -0.05) is 36.3 Å². The van der Waals surface area contributed by atoms with E-state index in [1.807, 2.05) is 29.6 Å². The molecule has 0 saturated heterocycles. The van der Waals surface area contributed by atoms with Crippen molar-refractivity contribution in [1.29, 1.82) is 0 Å². The molecule has 102 valence electrons. The van der Waals surface area contributed by atoms with Crippen molar-refractivity contribution >= 4 is 17.0 Å². The number of anilines is 1. The Bertz CT molecular complexity index is 676. The average Bonchev–Trinajstić information content (AvgIpc) is 3.16. The molecule has 0 fully saturated rings. The average molecular weight is 285 g/mol. The van der Waals surface area contributed by atoms with Crippen molar-refractivity contribution in [3.05, 3.63) is 53.2 Å². The zero-order valence-corrected chi connectivity index (χ0v) is 12.0. The summed E-state index contributed by atoms with van der Waals surface area (Å²) in [7, 11) is 0. The van der Waals surface area contributed by atoms with Crippen molar-refractivity contribution in [2.75, 3.05) is 5.32 Å². The summed E-state index contributed by atoms with van der Waals surface area (Å²) in [6, 6.07) is 12.2. The fourth-order valence-electron chi connectivity index (χ4n) is 2.00. The molecular weight excluding hydrogens is 270 g/mol. The number of hydrogen-bond acceptors (Lipinski definition) is 5. The molecule has 2 aromatic heterocycles. The van der Waals surface area contributed by atoms with Gasteiger partial charge in [0.1, 0.15) is 0 Å². The van der Waals surface area contributed by atoms with E-state index in [2.05, 4.69) is 34.5 Å². The van der Waals surface area contributed by atoms with E-state index in [4.69, 9.17) is 4.52 Å². The maximum absolute atomic E-state index is 5.27. The van der Waals surface area contributed by atoms with E-state index < -0.39 is 0 Å². The minimum absolute atomic E-state index is 0.537. The molecule has 0 atom stereocenters. The largest absolute Gasteiger partial charge is 0.376 e. The van der Waals surface area contributed by atoms with E-state index in [9.17, 15) is 0 Å². The zero-order valence-electron chi connectivity index (χ0n) is 11.2. The highest BCUT2D eigenvalue weighted by molar-refractivity contribution is 7.13. The number of thiophene rings is 1. The molecule has 0 spiro atoms. The Labute approximate surface area is 121 Å². The van der Waals surface area contributed by atoms with Crippen molar-refractivity contribution in [3.63, 3.8) is 0 Å². The highest BCUT2D eigenvalue weighted by atomic mass is 32.1. The molecule has 2 heterocycles. The standard InChI is InChI=1S/C15H15N3OS/c1-2-11-6-3-4-7-12(11)16-10-14-17-15(18-19-14)13-8-5-9-20-13/h3-9,16H,2,10H2,1H3. The highest BCUT2D eigenvalue weighted by Crippen LogP contribution is 2.22. The predicted octanol–water partition coefficient (Wildman–Crippen LogP) is 3.97. The van der Waals surface area contributed by atoms with Crippen molar-refractivity contribution in [2.45, 2.75) is 19.9 Å². The fraction of sp³-hybridized carbons (Fsp3) is 0.200. The van der Waals surface area contributed by atoms with Gasteiger partial charge in [-0.05, 0) is 29.5 Å². The smallest absolute Gasteiger partial charge is 0.246 e. The quantitative estimate of drug-likeness (QED) is 0.770. The molecule has 1 aromatic carbocycles. The molecule has 3 rings (SSSR count). The van der Waals surface area contributed by atoms with Gasteiger partial charge in [0, 0.05) is 5.69 Å². The van der Waals surface area contributed by atoms with Crippen LogP contribution >= 0.6 is 11.3 Å². The summed E-state index contributed by atoms with van der Waals surface area (Å²) in [6.45, 7) is 2.68. The molecule has 0 amide bonds. The molecule has 0 bridgehead atoms. The van der Waals surface area contributed by atoms with E-state index in [0.29, 0.717) is 18.3 Å². The second kappa shape index (κ2) is 5.88. The molecule has 4 nitrogen and oxygen atoms in total. The van der Waals surface area contributed by atoms with Crippen LogP contribution in [0.1, 0.15) is 18.4 Å². The lowest BCUT2D eigenvalue weighted by atomic mass is 10.1. The first-order valence-electron chi connectivity index (χ1n) is 6.55. The molecule has 0 unspecified atom stereocenters. The van der Waals surface area contributed by atoms with Gasteiger partial charge in [0.25, 0.3) is 0 Å². The lowest BCUT2D eigenvalue weighted by Gasteiger charge is -2.08. The van der Waals surface area contributed by atoms with E-state index >= 15 is 0 Å². The Morgan fingerprint density at radius 3 is 2.90 bits per heavy atom. The topological polar surface area (TPSA) is 51.0 Å². The first-order valence-corrected chi connectivity index (χ1v) is 7.43. The molecule has 0 aliphatic carbocycles. The third kappa shape index (κ3) is 2.72. The molecule has 0 radical (unpaired) electrons. The van der Waals surface area contributed by atoms with Crippen LogP contribution in [0.2, 0.25) is 0 Å². The van der Waals surface area contributed by atoms with Gasteiger partial charge >= 0.3 is 0 Å². The SMILES string of the molecule is CCc1ccccc1NCc1nc(-c2cccs2)no1. The molecular formula is C15H15N3OS. The highest BCUT2D eigenvalue weighted by Gasteiger charge is 2.09. The Balaban J connectivity index is 1.70.